The van der Waals surface area contributed by atoms with Gasteiger partial charge in [0.1, 0.15) is 18.1 Å². The van der Waals surface area contributed by atoms with E-state index in [0.29, 0.717) is 25.7 Å². The zero-order chi connectivity index (χ0) is 50.2. The van der Waals surface area contributed by atoms with Gasteiger partial charge in [0, 0.05) is 12.8 Å². The van der Waals surface area contributed by atoms with Gasteiger partial charge in [-0.1, -0.05) is 127 Å². The number of unbranched alkanes of at least 4 members (excludes halogenated alkanes) is 19. The lowest BCUT2D eigenvalue weighted by molar-refractivity contribution is -0.220. The summed E-state index contributed by atoms with van der Waals surface area (Å²) in [5.41, 5.74) is -5.92. The predicted octanol–water partition coefficient (Wildman–Crippen LogP) is 8.69. The van der Waals surface area contributed by atoms with E-state index >= 15 is 0 Å². The molecule has 7 N–H and O–H groups in total. The molecule has 0 aliphatic heterocycles. The summed E-state index contributed by atoms with van der Waals surface area (Å²) in [6.07, 6.45) is 25.9. The minimum absolute atomic E-state index is 0.0515. The topological polar surface area (TPSA) is 272 Å². The van der Waals surface area contributed by atoms with Gasteiger partial charge in [0.2, 0.25) is 5.60 Å². The van der Waals surface area contributed by atoms with Crippen molar-refractivity contribution in [2.75, 3.05) is 19.8 Å². The van der Waals surface area contributed by atoms with Crippen LogP contribution in [0.15, 0.2) is 36.5 Å². The Morgan fingerprint density at radius 1 is 0.567 bits per heavy atom. The fraction of sp³-hybridized carbons (Fsp3) is 0.765. The summed E-state index contributed by atoms with van der Waals surface area (Å²) in [6.45, 7) is 0.615. The van der Waals surface area contributed by atoms with Gasteiger partial charge in [0.05, 0.1) is 25.7 Å². The Labute approximate surface area is 399 Å². The summed E-state index contributed by atoms with van der Waals surface area (Å²) in [4.78, 5) is 77.0. The lowest BCUT2D eigenvalue weighted by Crippen LogP contribution is -2.64. The van der Waals surface area contributed by atoms with Gasteiger partial charge in [-0.15, -0.1) is 0 Å². The van der Waals surface area contributed by atoms with Gasteiger partial charge >= 0.3 is 35.8 Å². The average Bonchev–Trinajstić information content (AvgIpc) is 3.28. The number of allylic oxidation sites excluding steroid dienone is 6. The molecule has 0 saturated carbocycles. The van der Waals surface area contributed by atoms with Crippen molar-refractivity contribution in [3.8, 4) is 0 Å². The molecule has 16 heteroatoms. The lowest BCUT2D eigenvalue weighted by Gasteiger charge is -2.45. The third kappa shape index (κ3) is 29.4. The molecule has 0 aromatic heterocycles. The smallest absolute Gasteiger partial charge is 0.350 e. The largest absolute Gasteiger partial charge is 0.481 e. The van der Waals surface area contributed by atoms with Crippen LogP contribution in [0.3, 0.4) is 0 Å². The summed E-state index contributed by atoms with van der Waals surface area (Å²) in [5.74, 6) is -8.32. The number of aliphatic hydroxyl groups excluding tert-OH is 4. The van der Waals surface area contributed by atoms with Gasteiger partial charge in [-0.25, -0.2) is 9.59 Å². The third-order valence-electron chi connectivity index (χ3n) is 11.7. The first-order valence-corrected chi connectivity index (χ1v) is 24.9. The van der Waals surface area contributed by atoms with E-state index in [1.165, 1.54) is 19.3 Å². The number of carboxylic acid groups (broad SMARTS) is 3. The number of hydrogen-bond donors (Lipinski definition) is 7. The van der Waals surface area contributed by atoms with Gasteiger partial charge in [0.25, 0.3) is 0 Å². The summed E-state index contributed by atoms with van der Waals surface area (Å²) in [5, 5.41) is 69.6. The first-order chi connectivity index (χ1) is 32.1. The molecule has 0 radical (unpaired) electrons. The zero-order valence-corrected chi connectivity index (χ0v) is 40.6. The first kappa shape index (κ1) is 62.9. The van der Waals surface area contributed by atoms with Crippen LogP contribution in [-0.4, -0.2) is 115 Å². The number of aliphatic hydroxyl groups is 4. The highest BCUT2D eigenvalue weighted by atomic mass is 16.6. The molecule has 0 aliphatic rings. The molecule has 16 nitrogen and oxygen atoms in total. The maximum Gasteiger partial charge on any atom is 0.350 e. The highest BCUT2D eigenvalue weighted by Crippen LogP contribution is 2.48. The molecule has 0 heterocycles. The van der Waals surface area contributed by atoms with Crippen molar-refractivity contribution in [2.45, 2.75) is 224 Å². The molecular formula is C51H86O16. The summed E-state index contributed by atoms with van der Waals surface area (Å²) >= 11 is 0. The highest BCUT2D eigenvalue weighted by molar-refractivity contribution is 5.95. The van der Waals surface area contributed by atoms with Gasteiger partial charge in [0.15, 0.2) is 6.10 Å². The normalized spacial score (nSPS) is 15.0. The van der Waals surface area contributed by atoms with Crippen LogP contribution in [0.25, 0.3) is 0 Å². The Morgan fingerprint density at radius 2 is 1.03 bits per heavy atom. The minimum atomic E-state index is -3.26. The Morgan fingerprint density at radius 3 is 1.51 bits per heavy atom. The standard InChI is InChI=1S/C51H86O16/c1-3-4-5-6-7-8-9-10-12-16-19-22-25-28-31-34-46(60)66-41(2)47(61)67-51(48(62)63,37-45(58)59)50(36-42(54)38-52,49(64)65-40-43(55)39-53)35-32-29-26-23-20-17-14-11-13-15-18-21-24-27-30-33-44(56)57/h7-8,10-13,41-43,52-55H,3-6,9,14-40H2,1-2H3,(H,56,57)(H,58,59)(H,62,63). The number of carboxylic acids is 3. The van der Waals surface area contributed by atoms with Crippen LogP contribution in [0.1, 0.15) is 200 Å². The fourth-order valence-corrected chi connectivity index (χ4v) is 7.83. The lowest BCUT2D eigenvalue weighted by atomic mass is 9.63. The van der Waals surface area contributed by atoms with Crippen LogP contribution in [-0.2, 0) is 43.0 Å². The second-order valence-corrected chi connectivity index (χ2v) is 17.6. The minimum Gasteiger partial charge on any atom is -0.481 e. The summed E-state index contributed by atoms with van der Waals surface area (Å²) < 4.78 is 16.0. The first-order valence-electron chi connectivity index (χ1n) is 24.9. The highest BCUT2D eigenvalue weighted by Gasteiger charge is 2.66. The van der Waals surface area contributed by atoms with Crippen molar-refractivity contribution >= 4 is 35.8 Å². The Balaban J connectivity index is 5.67. The van der Waals surface area contributed by atoms with Crippen molar-refractivity contribution in [3.63, 3.8) is 0 Å². The number of rotatable bonds is 45. The zero-order valence-electron chi connectivity index (χ0n) is 40.6. The molecule has 0 spiro atoms. The number of carbonyl (C=O) groups is 6. The van der Waals surface area contributed by atoms with E-state index in [4.69, 9.17) is 19.3 Å². The van der Waals surface area contributed by atoms with Crippen LogP contribution in [0.5, 0.6) is 0 Å². The van der Waals surface area contributed by atoms with Crippen molar-refractivity contribution in [2.24, 2.45) is 5.41 Å². The second-order valence-electron chi connectivity index (χ2n) is 17.6. The molecule has 5 atom stereocenters. The quantitative estimate of drug-likeness (QED) is 0.0130. The number of ether oxygens (including phenoxy) is 3. The van der Waals surface area contributed by atoms with Gasteiger partial charge in [-0.3, -0.25) is 19.2 Å². The molecule has 0 aromatic carbocycles. The summed E-state index contributed by atoms with van der Waals surface area (Å²) in [7, 11) is 0. The van der Waals surface area contributed by atoms with Gasteiger partial charge < -0.3 is 50.0 Å². The van der Waals surface area contributed by atoms with E-state index in [0.717, 1.165) is 110 Å². The average molecular weight is 955 g/mol. The van der Waals surface area contributed by atoms with Crippen LogP contribution >= 0.6 is 0 Å². The van der Waals surface area contributed by atoms with E-state index < -0.39 is 104 Å². The Bertz CT molecular complexity index is 1460. The molecule has 386 valence electrons. The van der Waals surface area contributed by atoms with Gasteiger partial charge in [-0.2, -0.15) is 0 Å². The number of hydrogen-bond acceptors (Lipinski definition) is 13. The van der Waals surface area contributed by atoms with Crippen molar-refractivity contribution in [3.05, 3.63) is 36.5 Å². The fourth-order valence-electron chi connectivity index (χ4n) is 7.83. The van der Waals surface area contributed by atoms with E-state index in [-0.39, 0.29) is 19.3 Å². The maximum atomic E-state index is 14.2. The van der Waals surface area contributed by atoms with Crippen molar-refractivity contribution < 1.29 is 78.7 Å². The van der Waals surface area contributed by atoms with Crippen molar-refractivity contribution in [1.29, 1.82) is 0 Å². The third-order valence-corrected chi connectivity index (χ3v) is 11.7. The van der Waals surface area contributed by atoms with Crippen LogP contribution in [0, 0.1) is 5.41 Å². The Hall–Kier alpha value is -4.12. The molecule has 0 amide bonds. The molecular weight excluding hydrogens is 869 g/mol. The van der Waals surface area contributed by atoms with Crippen LogP contribution in [0.4, 0.5) is 0 Å². The van der Waals surface area contributed by atoms with E-state index in [1.54, 1.807) is 0 Å². The molecule has 0 aliphatic carbocycles. The number of aliphatic carboxylic acids is 3. The molecule has 0 aromatic rings. The Kier molecular flexibility index (Phi) is 37.4. The second kappa shape index (κ2) is 39.8. The molecule has 0 fully saturated rings. The maximum absolute atomic E-state index is 14.2. The molecule has 67 heavy (non-hydrogen) atoms. The molecule has 0 saturated heterocycles. The van der Waals surface area contributed by atoms with E-state index in [2.05, 4.69) is 43.4 Å². The monoisotopic (exact) mass is 955 g/mol. The SMILES string of the molecule is CCCCCC=CCC=CCCCCCCCC(=O)OC(C)C(=O)OC(CC(=O)O)(C(=O)O)C(CCCCCCCCC=CCCCCCCCC(=O)O)(CC(O)CO)C(=O)OCC(O)CO. The number of esters is 3. The number of carbonyl (C=O) groups excluding carboxylic acids is 3. The predicted molar refractivity (Wildman–Crippen MR) is 254 cm³/mol. The van der Waals surface area contributed by atoms with Crippen LogP contribution in [0.2, 0.25) is 0 Å². The van der Waals surface area contributed by atoms with E-state index in [9.17, 15) is 59.4 Å². The van der Waals surface area contributed by atoms with Crippen LogP contribution < -0.4 is 0 Å². The summed E-state index contributed by atoms with van der Waals surface area (Å²) in [6, 6.07) is 0. The van der Waals surface area contributed by atoms with E-state index in [1.807, 2.05) is 0 Å². The molecule has 0 bridgehead atoms. The molecule has 0 rings (SSSR count). The molecule has 5 unspecified atom stereocenters. The van der Waals surface area contributed by atoms with Gasteiger partial charge in [-0.05, 0) is 90.4 Å². The van der Waals surface area contributed by atoms with Crippen molar-refractivity contribution in [1.82, 2.24) is 0 Å².